The van der Waals surface area contributed by atoms with Crippen LogP contribution in [0.2, 0.25) is 5.02 Å². The van der Waals surface area contributed by atoms with E-state index >= 15 is 0 Å². The van der Waals surface area contributed by atoms with Gasteiger partial charge in [-0.3, -0.25) is 4.79 Å². The second-order valence-electron chi connectivity index (χ2n) is 9.39. The van der Waals surface area contributed by atoms with Gasteiger partial charge in [-0.2, -0.15) is 13.2 Å². The third-order valence-corrected chi connectivity index (χ3v) is 6.79. The molecule has 1 atom stereocenters. The first kappa shape index (κ1) is 26.8. The summed E-state index contributed by atoms with van der Waals surface area (Å²) in [6.45, 7) is 1.58. The molecule has 0 bridgehead atoms. The van der Waals surface area contributed by atoms with Gasteiger partial charge < -0.3 is 14.8 Å². The zero-order valence-corrected chi connectivity index (χ0v) is 21.5. The van der Waals surface area contributed by atoms with E-state index in [-0.39, 0.29) is 17.4 Å². The van der Waals surface area contributed by atoms with Gasteiger partial charge in [-0.05, 0) is 49.0 Å². The number of alkyl halides is 3. The minimum atomic E-state index is -4.60. The van der Waals surface area contributed by atoms with Crippen molar-refractivity contribution >= 4 is 28.4 Å². The van der Waals surface area contributed by atoms with Crippen LogP contribution < -0.4 is 0 Å². The van der Waals surface area contributed by atoms with E-state index in [0.717, 1.165) is 28.1 Å². The van der Waals surface area contributed by atoms with Gasteiger partial charge in [-0.25, -0.2) is 0 Å². The molecule has 0 aliphatic heterocycles. The van der Waals surface area contributed by atoms with Gasteiger partial charge in [0.2, 0.25) is 5.91 Å². The van der Waals surface area contributed by atoms with Crippen molar-refractivity contribution in [2.24, 2.45) is 0 Å². The fourth-order valence-corrected chi connectivity index (χ4v) is 4.71. The summed E-state index contributed by atoms with van der Waals surface area (Å²) < 4.78 is 41.2. The van der Waals surface area contributed by atoms with Gasteiger partial charge in [0.05, 0.1) is 10.6 Å². The highest BCUT2D eigenvalue weighted by molar-refractivity contribution is 6.31. The Morgan fingerprint density at radius 1 is 0.973 bits per heavy atom. The molecule has 0 saturated carbocycles. The molecule has 4 rings (SSSR count). The number of carbonyl (C=O) groups is 1. The number of para-hydroxylation sites is 1. The van der Waals surface area contributed by atoms with Crippen molar-refractivity contribution < 1.29 is 18.0 Å². The lowest BCUT2D eigenvalue weighted by Gasteiger charge is -2.27. The number of halogens is 4. The van der Waals surface area contributed by atoms with Gasteiger partial charge in [-0.15, -0.1) is 0 Å². The number of aromatic nitrogens is 1. The van der Waals surface area contributed by atoms with Crippen molar-refractivity contribution in [3.63, 3.8) is 0 Å². The minimum Gasteiger partial charge on any atom is -0.361 e. The summed E-state index contributed by atoms with van der Waals surface area (Å²) in [5.74, 6) is -0.732. The van der Waals surface area contributed by atoms with E-state index < -0.39 is 17.7 Å². The number of nitrogens with one attached hydrogen (secondary N) is 1. The lowest BCUT2D eigenvalue weighted by atomic mass is 9.87. The molecule has 194 valence electrons. The molecule has 0 aliphatic rings. The zero-order valence-electron chi connectivity index (χ0n) is 20.7. The van der Waals surface area contributed by atoms with E-state index in [1.54, 1.807) is 17.2 Å². The van der Waals surface area contributed by atoms with Crippen LogP contribution in [0.25, 0.3) is 10.9 Å². The first-order valence-corrected chi connectivity index (χ1v) is 12.4. The summed E-state index contributed by atoms with van der Waals surface area (Å²) in [7, 11) is 3.87. The highest BCUT2D eigenvalue weighted by atomic mass is 35.5. The summed E-state index contributed by atoms with van der Waals surface area (Å²) >= 11 is 5.92. The Hall–Kier alpha value is -3.29. The summed E-state index contributed by atoms with van der Waals surface area (Å²) in [5.41, 5.74) is 2.10. The number of likely N-dealkylation sites (N-methyl/N-ethyl adjacent to an activating group) is 1. The Kier molecular flexibility index (Phi) is 8.25. The van der Waals surface area contributed by atoms with Gasteiger partial charge in [0.1, 0.15) is 0 Å². The predicted molar refractivity (Wildman–Crippen MR) is 142 cm³/mol. The molecule has 1 aromatic heterocycles. The van der Waals surface area contributed by atoms with Gasteiger partial charge in [0, 0.05) is 49.1 Å². The van der Waals surface area contributed by atoms with Crippen molar-refractivity contribution in [3.8, 4) is 0 Å². The molecule has 0 aliphatic carbocycles. The average molecular weight is 528 g/mol. The van der Waals surface area contributed by atoms with E-state index in [1.807, 2.05) is 73.6 Å². The molecule has 1 unspecified atom stereocenters. The van der Waals surface area contributed by atoms with E-state index in [9.17, 15) is 18.0 Å². The number of aromatic amines is 1. The van der Waals surface area contributed by atoms with Crippen molar-refractivity contribution in [2.75, 3.05) is 27.2 Å². The lowest BCUT2D eigenvalue weighted by Crippen LogP contribution is -2.37. The van der Waals surface area contributed by atoms with E-state index in [0.29, 0.717) is 25.2 Å². The maximum absolute atomic E-state index is 13.8. The predicted octanol–water partition coefficient (Wildman–Crippen LogP) is 6.95. The number of carbonyl (C=O) groups excluding carboxylic acids is 1. The molecule has 3 aromatic carbocycles. The third kappa shape index (κ3) is 6.53. The normalized spacial score (nSPS) is 12.7. The molecule has 4 aromatic rings. The van der Waals surface area contributed by atoms with E-state index in [2.05, 4.69) is 4.98 Å². The number of H-pyrrole nitrogens is 1. The van der Waals surface area contributed by atoms with E-state index in [1.165, 1.54) is 6.07 Å². The van der Waals surface area contributed by atoms with Crippen molar-refractivity contribution in [1.82, 2.24) is 14.8 Å². The van der Waals surface area contributed by atoms with Crippen molar-refractivity contribution in [1.29, 1.82) is 0 Å². The fraction of sp³-hybridized carbons (Fsp3) is 0.276. The molecule has 0 fully saturated rings. The highest BCUT2D eigenvalue weighted by Crippen LogP contribution is 2.40. The van der Waals surface area contributed by atoms with Crippen LogP contribution in [0.15, 0.2) is 79.0 Å². The number of benzene rings is 3. The molecule has 1 amide bonds. The number of hydrogen-bond donors (Lipinski definition) is 1. The Labute approximate surface area is 219 Å². The standard InChI is InChI=1S/C29H29ClF3N3O/c1-35(2)14-15-36(19-20-8-4-3-5-9-20)28(37)17-23(24-18-34-27-11-7-6-10-22(24)27)21-12-13-26(30)25(16-21)29(31,32)33/h3-13,16,18,23,34H,14-15,17,19H2,1-2H3. The molecule has 1 N–H and O–H groups in total. The largest absolute Gasteiger partial charge is 0.417 e. The number of hydrogen-bond acceptors (Lipinski definition) is 2. The van der Waals surface area contributed by atoms with Gasteiger partial charge in [0.25, 0.3) is 0 Å². The van der Waals surface area contributed by atoms with Gasteiger partial charge in [0.15, 0.2) is 0 Å². The van der Waals surface area contributed by atoms with Crippen LogP contribution >= 0.6 is 11.6 Å². The fourth-order valence-electron chi connectivity index (χ4n) is 4.49. The van der Waals surface area contributed by atoms with Crippen LogP contribution in [-0.2, 0) is 17.5 Å². The smallest absolute Gasteiger partial charge is 0.361 e. The monoisotopic (exact) mass is 527 g/mol. The molecular formula is C29H29ClF3N3O. The summed E-state index contributed by atoms with van der Waals surface area (Å²) in [4.78, 5) is 20.7. The zero-order chi connectivity index (χ0) is 26.6. The van der Waals surface area contributed by atoms with Gasteiger partial charge in [-0.1, -0.05) is 66.2 Å². The number of nitrogens with zero attached hydrogens (tertiary/aromatic N) is 2. The number of rotatable bonds is 9. The Morgan fingerprint density at radius 3 is 2.38 bits per heavy atom. The van der Waals surface area contributed by atoms with Gasteiger partial charge >= 0.3 is 6.18 Å². The van der Waals surface area contributed by atoms with Crippen molar-refractivity contribution in [2.45, 2.75) is 25.1 Å². The number of fused-ring (bicyclic) bond motifs is 1. The maximum atomic E-state index is 13.8. The van der Waals surface area contributed by atoms with Crippen LogP contribution in [-0.4, -0.2) is 47.9 Å². The molecule has 37 heavy (non-hydrogen) atoms. The second kappa shape index (κ2) is 11.4. The van der Waals surface area contributed by atoms with Crippen LogP contribution in [0, 0.1) is 0 Å². The average Bonchev–Trinajstić information content (AvgIpc) is 3.29. The SMILES string of the molecule is CN(C)CCN(Cc1ccccc1)C(=O)CC(c1ccc(Cl)c(C(F)(F)F)c1)c1c[nH]c2ccccc12. The maximum Gasteiger partial charge on any atom is 0.417 e. The first-order valence-electron chi connectivity index (χ1n) is 12.0. The van der Waals surface area contributed by atoms with Crippen LogP contribution in [0.4, 0.5) is 13.2 Å². The Bertz CT molecular complexity index is 1350. The molecule has 0 spiro atoms. The third-order valence-electron chi connectivity index (χ3n) is 6.46. The molecule has 0 radical (unpaired) electrons. The molecular weight excluding hydrogens is 499 g/mol. The van der Waals surface area contributed by atoms with Crippen LogP contribution in [0.5, 0.6) is 0 Å². The Balaban J connectivity index is 1.74. The summed E-state index contributed by atoms with van der Waals surface area (Å²) in [6, 6.07) is 21.2. The topological polar surface area (TPSA) is 39.3 Å². The molecule has 8 heteroatoms. The van der Waals surface area contributed by atoms with Crippen LogP contribution in [0.3, 0.4) is 0 Å². The molecule has 0 saturated heterocycles. The minimum absolute atomic E-state index is 0.0149. The Morgan fingerprint density at radius 2 is 1.68 bits per heavy atom. The van der Waals surface area contributed by atoms with Crippen LogP contribution in [0.1, 0.15) is 34.6 Å². The molecule has 1 heterocycles. The summed E-state index contributed by atoms with van der Waals surface area (Å²) in [5, 5.41) is 0.503. The second-order valence-corrected chi connectivity index (χ2v) is 9.79. The first-order chi connectivity index (χ1) is 17.6. The summed E-state index contributed by atoms with van der Waals surface area (Å²) in [6.07, 6.45) is -2.81. The lowest BCUT2D eigenvalue weighted by molar-refractivity contribution is -0.137. The van der Waals surface area contributed by atoms with E-state index in [4.69, 9.17) is 11.6 Å². The molecule has 4 nitrogen and oxygen atoms in total. The quantitative estimate of drug-likeness (QED) is 0.256. The van der Waals surface area contributed by atoms with Crippen molar-refractivity contribution in [3.05, 3.63) is 106 Å². The number of amides is 1. The highest BCUT2D eigenvalue weighted by Gasteiger charge is 2.35.